The standard InChI is InChI=1S/C10H17N3S/c1-7(5-9-3-4-9)11-6-10-13-12-8(2)14-10/h7,9,11H,3-6H2,1-2H3. The first-order valence-electron chi connectivity index (χ1n) is 5.26. The highest BCUT2D eigenvalue weighted by atomic mass is 32.1. The van der Waals surface area contributed by atoms with E-state index in [1.54, 1.807) is 11.3 Å². The van der Waals surface area contributed by atoms with Crippen LogP contribution in [-0.2, 0) is 6.54 Å². The van der Waals surface area contributed by atoms with Crippen molar-refractivity contribution in [3.8, 4) is 0 Å². The predicted molar refractivity (Wildman–Crippen MR) is 58.3 cm³/mol. The second-order valence-electron chi connectivity index (χ2n) is 4.18. The molecule has 0 aliphatic heterocycles. The van der Waals surface area contributed by atoms with Crippen molar-refractivity contribution < 1.29 is 0 Å². The van der Waals surface area contributed by atoms with Crippen LogP contribution in [0.1, 0.15) is 36.2 Å². The Morgan fingerprint density at radius 2 is 2.29 bits per heavy atom. The lowest BCUT2D eigenvalue weighted by atomic mass is 10.2. The molecule has 0 bridgehead atoms. The molecular weight excluding hydrogens is 194 g/mol. The lowest BCUT2D eigenvalue weighted by Gasteiger charge is -2.11. The molecule has 1 fully saturated rings. The molecule has 1 N–H and O–H groups in total. The van der Waals surface area contributed by atoms with Crippen molar-refractivity contribution in [1.29, 1.82) is 0 Å². The molecule has 1 aromatic rings. The van der Waals surface area contributed by atoms with Crippen LogP contribution in [0.3, 0.4) is 0 Å². The number of nitrogens with zero attached hydrogens (tertiary/aromatic N) is 2. The highest BCUT2D eigenvalue weighted by molar-refractivity contribution is 7.11. The molecule has 0 aromatic carbocycles. The molecule has 0 spiro atoms. The van der Waals surface area contributed by atoms with Gasteiger partial charge >= 0.3 is 0 Å². The maximum absolute atomic E-state index is 4.09. The molecule has 1 aromatic heterocycles. The first-order chi connectivity index (χ1) is 6.74. The van der Waals surface area contributed by atoms with Crippen molar-refractivity contribution >= 4 is 11.3 Å². The summed E-state index contributed by atoms with van der Waals surface area (Å²) in [5, 5.41) is 13.7. The van der Waals surface area contributed by atoms with Crippen molar-refractivity contribution in [1.82, 2.24) is 15.5 Å². The lowest BCUT2D eigenvalue weighted by molar-refractivity contribution is 0.486. The zero-order valence-electron chi connectivity index (χ0n) is 8.79. The highest BCUT2D eigenvalue weighted by Gasteiger charge is 2.23. The van der Waals surface area contributed by atoms with Crippen LogP contribution in [0.5, 0.6) is 0 Å². The Bertz CT molecular complexity index is 293. The summed E-state index contributed by atoms with van der Waals surface area (Å²) in [5.41, 5.74) is 0. The molecule has 1 atom stereocenters. The van der Waals surface area contributed by atoms with Crippen LogP contribution in [0.2, 0.25) is 0 Å². The van der Waals surface area contributed by atoms with Crippen molar-refractivity contribution in [3.63, 3.8) is 0 Å². The molecule has 1 saturated carbocycles. The van der Waals surface area contributed by atoms with Gasteiger partial charge in [0.25, 0.3) is 0 Å². The molecule has 1 heterocycles. The molecule has 14 heavy (non-hydrogen) atoms. The second-order valence-corrected chi connectivity index (χ2v) is 5.44. The molecule has 3 nitrogen and oxygen atoms in total. The molecule has 1 aliphatic carbocycles. The van der Waals surface area contributed by atoms with Crippen molar-refractivity contribution in [2.45, 2.75) is 45.7 Å². The SMILES string of the molecule is Cc1nnc(CNC(C)CC2CC2)s1. The van der Waals surface area contributed by atoms with Gasteiger partial charge in [-0.15, -0.1) is 21.5 Å². The minimum atomic E-state index is 0.617. The van der Waals surface area contributed by atoms with Crippen LogP contribution >= 0.6 is 11.3 Å². The van der Waals surface area contributed by atoms with Gasteiger partial charge in [-0.05, 0) is 26.2 Å². The number of aryl methyl sites for hydroxylation is 1. The molecule has 4 heteroatoms. The van der Waals surface area contributed by atoms with Gasteiger partial charge in [0.15, 0.2) is 0 Å². The average Bonchev–Trinajstić information content (AvgIpc) is 2.85. The Morgan fingerprint density at radius 1 is 1.50 bits per heavy atom. The summed E-state index contributed by atoms with van der Waals surface area (Å²) >= 11 is 1.68. The third kappa shape index (κ3) is 3.03. The van der Waals surface area contributed by atoms with Crippen LogP contribution in [0.4, 0.5) is 0 Å². The van der Waals surface area contributed by atoms with E-state index in [0.717, 1.165) is 22.5 Å². The summed E-state index contributed by atoms with van der Waals surface area (Å²) in [6.45, 7) is 5.13. The molecule has 1 unspecified atom stereocenters. The van der Waals surface area contributed by atoms with E-state index in [2.05, 4.69) is 22.4 Å². The van der Waals surface area contributed by atoms with Gasteiger partial charge in [0.2, 0.25) is 0 Å². The van der Waals surface area contributed by atoms with E-state index < -0.39 is 0 Å². The Kier molecular flexibility index (Phi) is 3.13. The first-order valence-corrected chi connectivity index (χ1v) is 6.08. The molecule has 2 rings (SSSR count). The molecule has 1 aliphatic rings. The van der Waals surface area contributed by atoms with Gasteiger partial charge in [0.05, 0.1) is 0 Å². The quantitative estimate of drug-likeness (QED) is 0.810. The van der Waals surface area contributed by atoms with E-state index in [9.17, 15) is 0 Å². The molecular formula is C10H17N3S. The summed E-state index contributed by atoms with van der Waals surface area (Å²) in [6.07, 6.45) is 4.19. The lowest BCUT2D eigenvalue weighted by Crippen LogP contribution is -2.25. The fourth-order valence-electron chi connectivity index (χ4n) is 1.61. The zero-order valence-corrected chi connectivity index (χ0v) is 9.60. The number of hydrogen-bond donors (Lipinski definition) is 1. The molecule has 0 amide bonds. The van der Waals surface area contributed by atoms with E-state index in [1.165, 1.54) is 19.3 Å². The fourth-order valence-corrected chi connectivity index (χ4v) is 2.27. The number of hydrogen-bond acceptors (Lipinski definition) is 4. The van der Waals surface area contributed by atoms with Crippen LogP contribution < -0.4 is 5.32 Å². The van der Waals surface area contributed by atoms with Gasteiger partial charge in [0, 0.05) is 12.6 Å². The monoisotopic (exact) mass is 211 g/mol. The summed E-state index contributed by atoms with van der Waals surface area (Å²) < 4.78 is 0. The van der Waals surface area contributed by atoms with Gasteiger partial charge in [-0.25, -0.2) is 0 Å². The van der Waals surface area contributed by atoms with E-state index >= 15 is 0 Å². The third-order valence-electron chi connectivity index (χ3n) is 2.55. The van der Waals surface area contributed by atoms with Crippen molar-refractivity contribution in [3.05, 3.63) is 10.0 Å². The fraction of sp³-hybridized carbons (Fsp3) is 0.800. The second kappa shape index (κ2) is 4.36. The Hall–Kier alpha value is -0.480. The normalized spacial score (nSPS) is 18.4. The van der Waals surface area contributed by atoms with Gasteiger partial charge in [-0.3, -0.25) is 0 Å². The maximum atomic E-state index is 4.09. The van der Waals surface area contributed by atoms with Gasteiger partial charge in [-0.2, -0.15) is 0 Å². The van der Waals surface area contributed by atoms with Crippen LogP contribution in [0.25, 0.3) is 0 Å². The minimum Gasteiger partial charge on any atom is -0.308 e. The Balaban J connectivity index is 1.70. The van der Waals surface area contributed by atoms with Gasteiger partial charge in [-0.1, -0.05) is 12.8 Å². The average molecular weight is 211 g/mol. The predicted octanol–water partition coefficient (Wildman–Crippen LogP) is 2.12. The van der Waals surface area contributed by atoms with Gasteiger partial charge < -0.3 is 5.32 Å². The van der Waals surface area contributed by atoms with Gasteiger partial charge in [0.1, 0.15) is 10.0 Å². The third-order valence-corrected chi connectivity index (χ3v) is 3.39. The van der Waals surface area contributed by atoms with Crippen LogP contribution in [0, 0.1) is 12.8 Å². The van der Waals surface area contributed by atoms with E-state index in [1.807, 2.05) is 6.92 Å². The minimum absolute atomic E-state index is 0.617. The molecule has 78 valence electrons. The summed E-state index contributed by atoms with van der Waals surface area (Å²) in [6, 6.07) is 0.617. The highest BCUT2D eigenvalue weighted by Crippen LogP contribution is 2.33. The Labute approximate surface area is 88.9 Å². The van der Waals surface area contributed by atoms with Crippen molar-refractivity contribution in [2.75, 3.05) is 0 Å². The zero-order chi connectivity index (χ0) is 9.97. The van der Waals surface area contributed by atoms with Crippen molar-refractivity contribution in [2.24, 2.45) is 5.92 Å². The molecule has 0 saturated heterocycles. The summed E-state index contributed by atoms with van der Waals surface area (Å²) in [5.74, 6) is 0.994. The topological polar surface area (TPSA) is 37.8 Å². The maximum Gasteiger partial charge on any atom is 0.131 e. The summed E-state index contributed by atoms with van der Waals surface area (Å²) in [7, 11) is 0. The van der Waals surface area contributed by atoms with Crippen LogP contribution in [-0.4, -0.2) is 16.2 Å². The van der Waals surface area contributed by atoms with Crippen LogP contribution in [0.15, 0.2) is 0 Å². The first kappa shape index (κ1) is 10.1. The number of rotatable bonds is 5. The largest absolute Gasteiger partial charge is 0.308 e. The van der Waals surface area contributed by atoms with E-state index in [-0.39, 0.29) is 0 Å². The Morgan fingerprint density at radius 3 is 2.86 bits per heavy atom. The van der Waals surface area contributed by atoms with E-state index in [0.29, 0.717) is 6.04 Å². The number of nitrogens with one attached hydrogen (secondary N) is 1. The molecule has 0 radical (unpaired) electrons. The summed E-state index contributed by atoms with van der Waals surface area (Å²) in [4.78, 5) is 0. The smallest absolute Gasteiger partial charge is 0.131 e. The number of aromatic nitrogens is 2. The van der Waals surface area contributed by atoms with E-state index in [4.69, 9.17) is 0 Å².